The van der Waals surface area contributed by atoms with Gasteiger partial charge in [0.2, 0.25) is 5.91 Å². The maximum Gasteiger partial charge on any atom is 0.244 e. The molecule has 6 heteroatoms. The Labute approximate surface area is 186 Å². The van der Waals surface area contributed by atoms with Crippen LogP contribution in [0.4, 0.5) is 0 Å². The van der Waals surface area contributed by atoms with Crippen molar-refractivity contribution >= 4 is 22.4 Å². The maximum absolute atomic E-state index is 12.5. The van der Waals surface area contributed by atoms with Gasteiger partial charge in [0.05, 0.1) is 20.5 Å². The topological polar surface area (TPSA) is 73.6 Å². The molecule has 32 heavy (non-hydrogen) atoms. The Morgan fingerprint density at radius 2 is 1.94 bits per heavy atom. The fourth-order valence-electron chi connectivity index (χ4n) is 3.54. The summed E-state index contributed by atoms with van der Waals surface area (Å²) in [5, 5.41) is 3.83. The van der Waals surface area contributed by atoms with E-state index in [1.807, 2.05) is 55.5 Å². The molecule has 2 aromatic carbocycles. The third kappa shape index (κ3) is 4.49. The lowest BCUT2D eigenvalue weighted by Gasteiger charge is -2.10. The van der Waals surface area contributed by atoms with E-state index in [1.165, 1.54) is 0 Å². The monoisotopic (exact) mass is 428 g/mol. The SMILES string of the molecule is COc1ccc(-c2coc3cc(OC)c(/C(C)=C/C(=O)NCc4cccnc4)cc23)cc1. The lowest BCUT2D eigenvalue weighted by Crippen LogP contribution is -2.20. The fraction of sp³-hybridized carbons (Fsp3) is 0.154. The van der Waals surface area contributed by atoms with Crippen LogP contribution in [0.1, 0.15) is 18.1 Å². The lowest BCUT2D eigenvalue weighted by molar-refractivity contribution is -0.116. The van der Waals surface area contributed by atoms with Crippen LogP contribution in [0.2, 0.25) is 0 Å². The summed E-state index contributed by atoms with van der Waals surface area (Å²) in [6.45, 7) is 2.30. The number of methoxy groups -OCH3 is 2. The van der Waals surface area contributed by atoms with Crippen LogP contribution >= 0.6 is 0 Å². The summed E-state index contributed by atoms with van der Waals surface area (Å²) in [5.74, 6) is 1.25. The van der Waals surface area contributed by atoms with Crippen LogP contribution in [0.3, 0.4) is 0 Å². The zero-order valence-electron chi connectivity index (χ0n) is 18.2. The van der Waals surface area contributed by atoms with Crippen LogP contribution in [-0.4, -0.2) is 25.1 Å². The number of benzene rings is 2. The minimum Gasteiger partial charge on any atom is -0.497 e. The Morgan fingerprint density at radius 3 is 2.62 bits per heavy atom. The van der Waals surface area contributed by atoms with E-state index in [9.17, 15) is 4.79 Å². The molecule has 6 nitrogen and oxygen atoms in total. The molecule has 162 valence electrons. The second-order valence-electron chi connectivity index (χ2n) is 7.33. The van der Waals surface area contributed by atoms with E-state index >= 15 is 0 Å². The Hall–Kier alpha value is -4.06. The molecule has 0 atom stereocenters. The van der Waals surface area contributed by atoms with Gasteiger partial charge >= 0.3 is 0 Å². The number of nitrogens with one attached hydrogen (secondary N) is 1. The normalized spacial score (nSPS) is 11.4. The summed E-state index contributed by atoms with van der Waals surface area (Å²) in [4.78, 5) is 16.5. The van der Waals surface area contributed by atoms with Crippen LogP contribution in [0.5, 0.6) is 11.5 Å². The van der Waals surface area contributed by atoms with E-state index in [4.69, 9.17) is 13.9 Å². The lowest BCUT2D eigenvalue weighted by atomic mass is 9.99. The standard InChI is InChI=1S/C26H24N2O4/c1-17(11-26(29)28-15-18-5-4-10-27-14-18)21-12-22-23(16-32-25(22)13-24(21)31-3)19-6-8-20(30-2)9-7-19/h4-14,16H,15H2,1-3H3,(H,28,29)/b17-11+. The Balaban J connectivity index is 1.64. The minimum absolute atomic E-state index is 0.184. The summed E-state index contributed by atoms with van der Waals surface area (Å²) in [7, 11) is 3.25. The first-order valence-corrected chi connectivity index (χ1v) is 10.2. The van der Waals surface area contributed by atoms with Crippen molar-refractivity contribution in [2.24, 2.45) is 0 Å². The Kier molecular flexibility index (Phi) is 6.22. The predicted octanol–water partition coefficient (Wildman–Crippen LogP) is 5.23. The zero-order chi connectivity index (χ0) is 22.5. The predicted molar refractivity (Wildman–Crippen MR) is 124 cm³/mol. The molecule has 0 saturated heterocycles. The third-order valence-electron chi connectivity index (χ3n) is 5.26. The fourth-order valence-corrected chi connectivity index (χ4v) is 3.54. The van der Waals surface area contributed by atoms with Crippen LogP contribution in [0, 0.1) is 0 Å². The number of fused-ring (bicyclic) bond motifs is 1. The number of furan rings is 1. The van der Waals surface area contributed by atoms with Gasteiger partial charge in [-0.15, -0.1) is 0 Å². The first-order chi connectivity index (χ1) is 15.6. The number of ether oxygens (including phenoxy) is 2. The summed E-state index contributed by atoms with van der Waals surface area (Å²) >= 11 is 0. The molecular weight excluding hydrogens is 404 g/mol. The molecule has 4 rings (SSSR count). The second kappa shape index (κ2) is 9.39. The molecule has 0 radical (unpaired) electrons. The molecule has 2 heterocycles. The Morgan fingerprint density at radius 1 is 1.12 bits per heavy atom. The number of amides is 1. The number of nitrogens with zero attached hydrogens (tertiary/aromatic N) is 1. The average Bonchev–Trinajstić information content (AvgIpc) is 3.25. The largest absolute Gasteiger partial charge is 0.497 e. The molecule has 0 aliphatic rings. The van der Waals surface area contributed by atoms with Crippen molar-refractivity contribution in [1.82, 2.24) is 10.3 Å². The molecule has 0 bridgehead atoms. The Bertz CT molecular complexity index is 1260. The van der Waals surface area contributed by atoms with Crippen molar-refractivity contribution in [2.75, 3.05) is 14.2 Å². The van der Waals surface area contributed by atoms with E-state index in [0.29, 0.717) is 17.9 Å². The van der Waals surface area contributed by atoms with Crippen molar-refractivity contribution in [2.45, 2.75) is 13.5 Å². The second-order valence-corrected chi connectivity index (χ2v) is 7.33. The van der Waals surface area contributed by atoms with Crippen molar-refractivity contribution in [3.63, 3.8) is 0 Å². The van der Waals surface area contributed by atoms with Gasteiger partial charge in [0.1, 0.15) is 17.1 Å². The van der Waals surface area contributed by atoms with E-state index in [0.717, 1.165) is 39.0 Å². The van der Waals surface area contributed by atoms with Gasteiger partial charge in [-0.3, -0.25) is 9.78 Å². The van der Waals surface area contributed by atoms with Gasteiger partial charge in [-0.2, -0.15) is 0 Å². The molecule has 0 aliphatic carbocycles. The van der Waals surface area contributed by atoms with E-state index < -0.39 is 0 Å². The molecule has 0 unspecified atom stereocenters. The van der Waals surface area contributed by atoms with Gasteiger partial charge in [0.25, 0.3) is 0 Å². The molecule has 0 saturated carbocycles. The summed E-state index contributed by atoms with van der Waals surface area (Å²) in [6, 6.07) is 15.4. The van der Waals surface area contributed by atoms with E-state index in [2.05, 4.69) is 10.3 Å². The van der Waals surface area contributed by atoms with Gasteiger partial charge < -0.3 is 19.2 Å². The first kappa shape index (κ1) is 21.2. The van der Waals surface area contributed by atoms with Crippen molar-refractivity contribution in [3.05, 3.63) is 84.4 Å². The summed E-state index contributed by atoms with van der Waals surface area (Å²) < 4.78 is 16.6. The van der Waals surface area contributed by atoms with Crippen LogP contribution < -0.4 is 14.8 Å². The molecular formula is C26H24N2O4. The smallest absolute Gasteiger partial charge is 0.244 e. The third-order valence-corrected chi connectivity index (χ3v) is 5.26. The zero-order valence-corrected chi connectivity index (χ0v) is 18.2. The number of allylic oxidation sites excluding steroid dienone is 1. The number of carbonyl (C=O) groups excluding carboxylic acids is 1. The van der Waals surface area contributed by atoms with Crippen LogP contribution in [0.15, 0.2) is 77.7 Å². The summed E-state index contributed by atoms with van der Waals surface area (Å²) in [5.41, 5.74) is 5.23. The highest BCUT2D eigenvalue weighted by Gasteiger charge is 2.15. The highest BCUT2D eigenvalue weighted by atomic mass is 16.5. The number of hydrogen-bond donors (Lipinski definition) is 1. The highest BCUT2D eigenvalue weighted by Crippen LogP contribution is 2.37. The molecule has 2 aromatic heterocycles. The molecule has 1 N–H and O–H groups in total. The quantitative estimate of drug-likeness (QED) is 0.408. The van der Waals surface area contributed by atoms with Crippen LogP contribution in [-0.2, 0) is 11.3 Å². The highest BCUT2D eigenvalue weighted by molar-refractivity contribution is 6.00. The van der Waals surface area contributed by atoms with Crippen molar-refractivity contribution in [3.8, 4) is 22.6 Å². The van der Waals surface area contributed by atoms with Gasteiger partial charge in [-0.05, 0) is 47.9 Å². The van der Waals surface area contributed by atoms with Crippen molar-refractivity contribution < 1.29 is 18.7 Å². The maximum atomic E-state index is 12.5. The number of rotatable bonds is 7. The minimum atomic E-state index is -0.184. The van der Waals surface area contributed by atoms with Crippen LogP contribution in [0.25, 0.3) is 27.7 Å². The van der Waals surface area contributed by atoms with Gasteiger partial charge in [-0.25, -0.2) is 0 Å². The molecule has 1 amide bonds. The molecule has 0 aliphatic heterocycles. The number of pyridine rings is 1. The molecule has 0 fully saturated rings. The van der Waals surface area contributed by atoms with Gasteiger partial charge in [-0.1, -0.05) is 18.2 Å². The van der Waals surface area contributed by atoms with E-state index in [-0.39, 0.29) is 5.91 Å². The van der Waals surface area contributed by atoms with Gasteiger partial charge in [0.15, 0.2) is 0 Å². The molecule has 0 spiro atoms. The first-order valence-electron chi connectivity index (χ1n) is 10.2. The van der Waals surface area contributed by atoms with E-state index in [1.54, 1.807) is 39.0 Å². The molecule has 4 aromatic rings. The van der Waals surface area contributed by atoms with Gasteiger partial charge in [0, 0.05) is 47.6 Å². The number of aromatic nitrogens is 1. The van der Waals surface area contributed by atoms with Crippen molar-refractivity contribution in [1.29, 1.82) is 0 Å². The summed E-state index contributed by atoms with van der Waals surface area (Å²) in [6.07, 6.45) is 6.74. The number of hydrogen-bond acceptors (Lipinski definition) is 5. The number of carbonyl (C=O) groups is 1. The average molecular weight is 428 g/mol.